The standard InChI is InChI=1S/C13H25N3O/c1-3-7-16(8-4-2)13(17)11-15-9-5-12(14)6-10-15/h3,12H,1,4-11,14H2,2H3. The SMILES string of the molecule is C=CCN(CCC)C(=O)CN1CCC(N)CC1. The third-order valence-corrected chi connectivity index (χ3v) is 3.19. The molecule has 1 aliphatic rings. The van der Waals surface area contributed by atoms with Crippen molar-refractivity contribution >= 4 is 5.91 Å². The van der Waals surface area contributed by atoms with Crippen molar-refractivity contribution in [3.05, 3.63) is 12.7 Å². The molecule has 0 unspecified atom stereocenters. The van der Waals surface area contributed by atoms with Gasteiger partial charge in [0.25, 0.3) is 0 Å². The predicted octanol–water partition coefficient (Wildman–Crippen LogP) is 0.834. The summed E-state index contributed by atoms with van der Waals surface area (Å²) in [7, 11) is 0. The highest BCUT2D eigenvalue weighted by Crippen LogP contribution is 2.08. The minimum absolute atomic E-state index is 0.210. The molecule has 4 nitrogen and oxygen atoms in total. The van der Waals surface area contributed by atoms with Gasteiger partial charge in [-0.05, 0) is 19.3 Å². The summed E-state index contributed by atoms with van der Waals surface area (Å²) in [6.07, 6.45) is 4.79. The molecule has 0 atom stereocenters. The molecule has 0 aromatic heterocycles. The number of nitrogens with two attached hydrogens (primary N) is 1. The van der Waals surface area contributed by atoms with E-state index < -0.39 is 0 Å². The Kier molecular flexibility index (Phi) is 6.22. The molecule has 0 aliphatic carbocycles. The van der Waals surface area contributed by atoms with Crippen molar-refractivity contribution in [1.82, 2.24) is 9.80 Å². The van der Waals surface area contributed by atoms with Gasteiger partial charge in [0.05, 0.1) is 6.54 Å². The number of hydrogen-bond donors (Lipinski definition) is 1. The van der Waals surface area contributed by atoms with Crippen molar-refractivity contribution in [2.24, 2.45) is 5.73 Å². The van der Waals surface area contributed by atoms with Crippen LogP contribution in [0, 0.1) is 0 Å². The fraction of sp³-hybridized carbons (Fsp3) is 0.769. The van der Waals surface area contributed by atoms with Gasteiger partial charge in [0.1, 0.15) is 0 Å². The maximum atomic E-state index is 12.1. The van der Waals surface area contributed by atoms with Crippen LogP contribution in [0.4, 0.5) is 0 Å². The van der Waals surface area contributed by atoms with Gasteiger partial charge in [-0.3, -0.25) is 9.69 Å². The minimum Gasteiger partial charge on any atom is -0.338 e. The van der Waals surface area contributed by atoms with E-state index in [4.69, 9.17) is 5.73 Å². The number of amides is 1. The molecule has 17 heavy (non-hydrogen) atoms. The number of likely N-dealkylation sites (tertiary alicyclic amines) is 1. The molecule has 0 aromatic rings. The van der Waals surface area contributed by atoms with Crippen molar-refractivity contribution in [1.29, 1.82) is 0 Å². The van der Waals surface area contributed by atoms with Crippen LogP contribution in [0.25, 0.3) is 0 Å². The second kappa shape index (κ2) is 7.45. The van der Waals surface area contributed by atoms with Crippen LogP contribution in [0.3, 0.4) is 0 Å². The first kappa shape index (κ1) is 14.2. The fourth-order valence-corrected chi connectivity index (χ4v) is 2.15. The predicted molar refractivity (Wildman–Crippen MR) is 70.7 cm³/mol. The van der Waals surface area contributed by atoms with Crippen molar-refractivity contribution in [2.75, 3.05) is 32.7 Å². The largest absolute Gasteiger partial charge is 0.338 e. The molecule has 1 aliphatic heterocycles. The lowest BCUT2D eigenvalue weighted by Gasteiger charge is -2.31. The van der Waals surface area contributed by atoms with Gasteiger partial charge in [-0.25, -0.2) is 0 Å². The van der Waals surface area contributed by atoms with Crippen LogP contribution in [0.1, 0.15) is 26.2 Å². The van der Waals surface area contributed by atoms with Gasteiger partial charge in [0.15, 0.2) is 0 Å². The zero-order valence-corrected chi connectivity index (χ0v) is 10.9. The van der Waals surface area contributed by atoms with Crippen LogP contribution >= 0.6 is 0 Å². The number of rotatable bonds is 6. The third kappa shape index (κ3) is 4.88. The lowest BCUT2D eigenvalue weighted by Crippen LogP contribution is -2.46. The summed E-state index contributed by atoms with van der Waals surface area (Å²) in [5.41, 5.74) is 5.85. The highest BCUT2D eigenvalue weighted by molar-refractivity contribution is 5.78. The third-order valence-electron chi connectivity index (χ3n) is 3.19. The van der Waals surface area contributed by atoms with E-state index in [9.17, 15) is 4.79 Å². The molecule has 1 heterocycles. The van der Waals surface area contributed by atoms with Crippen LogP contribution in [-0.2, 0) is 4.79 Å². The number of carbonyl (C=O) groups is 1. The molecule has 0 bridgehead atoms. The lowest BCUT2D eigenvalue weighted by atomic mass is 10.1. The lowest BCUT2D eigenvalue weighted by molar-refractivity contribution is -0.132. The summed E-state index contributed by atoms with van der Waals surface area (Å²) in [5.74, 6) is 0.210. The van der Waals surface area contributed by atoms with E-state index in [0.29, 0.717) is 19.1 Å². The Labute approximate surface area is 104 Å². The maximum absolute atomic E-state index is 12.1. The van der Waals surface area contributed by atoms with E-state index in [-0.39, 0.29) is 5.91 Å². The van der Waals surface area contributed by atoms with E-state index in [0.717, 1.165) is 38.9 Å². The normalized spacial score (nSPS) is 18.0. The molecule has 1 amide bonds. The van der Waals surface area contributed by atoms with Gasteiger partial charge in [0.2, 0.25) is 5.91 Å². The van der Waals surface area contributed by atoms with Gasteiger partial charge in [-0.1, -0.05) is 13.0 Å². The summed E-state index contributed by atoms with van der Waals surface area (Å²) < 4.78 is 0. The van der Waals surface area contributed by atoms with Crippen LogP contribution in [0.15, 0.2) is 12.7 Å². The average Bonchev–Trinajstić information content (AvgIpc) is 2.32. The van der Waals surface area contributed by atoms with Crippen LogP contribution in [0.2, 0.25) is 0 Å². The molecule has 1 saturated heterocycles. The zero-order valence-electron chi connectivity index (χ0n) is 10.9. The first-order valence-electron chi connectivity index (χ1n) is 6.54. The van der Waals surface area contributed by atoms with Crippen LogP contribution < -0.4 is 5.73 Å². The Morgan fingerprint density at radius 2 is 2.18 bits per heavy atom. The maximum Gasteiger partial charge on any atom is 0.237 e. The Balaban J connectivity index is 2.37. The Bertz CT molecular complexity index is 247. The summed E-state index contributed by atoms with van der Waals surface area (Å²) in [6, 6.07) is 0.321. The molecule has 0 spiro atoms. The van der Waals surface area contributed by atoms with Crippen molar-refractivity contribution in [2.45, 2.75) is 32.2 Å². The van der Waals surface area contributed by atoms with Gasteiger partial charge in [0, 0.05) is 32.2 Å². The Hall–Kier alpha value is -0.870. The van der Waals surface area contributed by atoms with Crippen molar-refractivity contribution in [3.8, 4) is 0 Å². The molecule has 4 heteroatoms. The molecular formula is C13H25N3O. The number of piperidine rings is 1. The molecule has 2 N–H and O–H groups in total. The van der Waals surface area contributed by atoms with E-state index in [1.807, 2.05) is 4.90 Å². The smallest absolute Gasteiger partial charge is 0.237 e. The fourth-order valence-electron chi connectivity index (χ4n) is 2.15. The molecule has 98 valence electrons. The quantitative estimate of drug-likeness (QED) is 0.699. The molecule has 0 saturated carbocycles. The second-order valence-electron chi connectivity index (χ2n) is 4.74. The zero-order chi connectivity index (χ0) is 12.7. The summed E-state index contributed by atoms with van der Waals surface area (Å²) in [6.45, 7) is 9.67. The van der Waals surface area contributed by atoms with Crippen LogP contribution in [0.5, 0.6) is 0 Å². The highest BCUT2D eigenvalue weighted by Gasteiger charge is 2.20. The van der Waals surface area contributed by atoms with Crippen molar-refractivity contribution < 1.29 is 4.79 Å². The van der Waals surface area contributed by atoms with Crippen molar-refractivity contribution in [3.63, 3.8) is 0 Å². The summed E-state index contributed by atoms with van der Waals surface area (Å²) >= 11 is 0. The molecule has 0 radical (unpaired) electrons. The molecular weight excluding hydrogens is 214 g/mol. The first-order chi connectivity index (χ1) is 8.17. The summed E-state index contributed by atoms with van der Waals surface area (Å²) in [5, 5.41) is 0. The highest BCUT2D eigenvalue weighted by atomic mass is 16.2. The molecule has 0 aromatic carbocycles. The Morgan fingerprint density at radius 3 is 2.71 bits per heavy atom. The van der Waals surface area contributed by atoms with E-state index in [1.54, 1.807) is 6.08 Å². The Morgan fingerprint density at radius 1 is 1.53 bits per heavy atom. The van der Waals surface area contributed by atoms with Crippen LogP contribution in [-0.4, -0.2) is 54.5 Å². The van der Waals surface area contributed by atoms with E-state index in [1.165, 1.54) is 0 Å². The number of nitrogens with zero attached hydrogens (tertiary/aromatic N) is 2. The monoisotopic (exact) mass is 239 g/mol. The van der Waals surface area contributed by atoms with E-state index >= 15 is 0 Å². The second-order valence-corrected chi connectivity index (χ2v) is 4.74. The molecule has 1 rings (SSSR count). The topological polar surface area (TPSA) is 49.6 Å². The number of hydrogen-bond acceptors (Lipinski definition) is 3. The minimum atomic E-state index is 0.210. The first-order valence-corrected chi connectivity index (χ1v) is 6.54. The van der Waals surface area contributed by atoms with E-state index in [2.05, 4.69) is 18.4 Å². The summed E-state index contributed by atoms with van der Waals surface area (Å²) in [4.78, 5) is 16.2. The molecule has 1 fully saturated rings. The van der Waals surface area contributed by atoms with Gasteiger partial charge < -0.3 is 10.6 Å². The average molecular weight is 239 g/mol. The van der Waals surface area contributed by atoms with Gasteiger partial charge in [-0.2, -0.15) is 0 Å². The number of carbonyl (C=O) groups excluding carboxylic acids is 1. The van der Waals surface area contributed by atoms with Gasteiger partial charge in [-0.15, -0.1) is 6.58 Å². The van der Waals surface area contributed by atoms with Gasteiger partial charge >= 0.3 is 0 Å².